The molecule has 0 N–H and O–H groups in total. The average molecular weight is 377 g/mol. The number of halogens is 3. The van der Waals surface area contributed by atoms with Crippen molar-refractivity contribution in [1.29, 1.82) is 0 Å². The summed E-state index contributed by atoms with van der Waals surface area (Å²) < 4.78 is 62.5. The van der Waals surface area contributed by atoms with Gasteiger partial charge in [-0.15, -0.1) is 0 Å². The first kappa shape index (κ1) is 18.1. The van der Waals surface area contributed by atoms with Crippen molar-refractivity contribution in [1.82, 2.24) is 4.98 Å². The number of alkyl halides is 3. The maximum Gasteiger partial charge on any atom is 0.417 e. The third-order valence-corrected chi connectivity index (χ3v) is 4.98. The highest BCUT2D eigenvalue weighted by Crippen LogP contribution is 2.36. The summed E-state index contributed by atoms with van der Waals surface area (Å²) >= 11 is 0. The Bertz CT molecular complexity index is 1030. The van der Waals surface area contributed by atoms with Gasteiger partial charge in [-0.1, -0.05) is 42.5 Å². The molecular formula is C19H14F3NO2S. The summed E-state index contributed by atoms with van der Waals surface area (Å²) in [5.41, 5.74) is 0.939. The van der Waals surface area contributed by atoms with E-state index in [0.717, 1.165) is 18.5 Å². The highest BCUT2D eigenvalue weighted by Gasteiger charge is 2.32. The van der Waals surface area contributed by atoms with Gasteiger partial charge in [0.25, 0.3) is 0 Å². The number of nitrogens with zero attached hydrogens (tertiary/aromatic N) is 1. The first-order valence-electron chi connectivity index (χ1n) is 7.59. The fourth-order valence-corrected chi connectivity index (χ4v) is 3.18. The second-order valence-electron chi connectivity index (χ2n) is 5.78. The fraction of sp³-hybridized carbons (Fsp3) is 0.105. The number of sulfone groups is 1. The molecule has 0 aliphatic heterocycles. The van der Waals surface area contributed by atoms with Gasteiger partial charge in [0.2, 0.25) is 0 Å². The van der Waals surface area contributed by atoms with Crippen LogP contribution in [-0.4, -0.2) is 19.7 Å². The Kier molecular flexibility index (Phi) is 4.58. The minimum atomic E-state index is -4.52. The number of hydrogen-bond donors (Lipinski definition) is 0. The molecule has 3 aromatic rings. The van der Waals surface area contributed by atoms with Crippen LogP contribution >= 0.6 is 0 Å². The van der Waals surface area contributed by atoms with Gasteiger partial charge in [0, 0.05) is 23.6 Å². The predicted molar refractivity (Wildman–Crippen MR) is 93.2 cm³/mol. The van der Waals surface area contributed by atoms with E-state index in [1.807, 2.05) is 0 Å². The minimum absolute atomic E-state index is 0.0995. The van der Waals surface area contributed by atoms with Gasteiger partial charge in [-0.25, -0.2) is 8.42 Å². The van der Waals surface area contributed by atoms with E-state index < -0.39 is 21.6 Å². The molecule has 1 aromatic heterocycles. The summed E-state index contributed by atoms with van der Waals surface area (Å²) in [4.78, 5) is 4.12. The second kappa shape index (κ2) is 6.57. The van der Waals surface area contributed by atoms with Gasteiger partial charge >= 0.3 is 6.18 Å². The van der Waals surface area contributed by atoms with Crippen LogP contribution in [0.5, 0.6) is 0 Å². The van der Waals surface area contributed by atoms with Gasteiger partial charge in [0.05, 0.1) is 16.2 Å². The molecule has 0 radical (unpaired) electrons. The maximum atomic E-state index is 13.1. The number of hydrogen-bond acceptors (Lipinski definition) is 3. The lowest BCUT2D eigenvalue weighted by molar-refractivity contribution is -0.137. The molecule has 0 bridgehead atoms. The smallest absolute Gasteiger partial charge is 0.255 e. The van der Waals surface area contributed by atoms with Crippen LogP contribution in [0.3, 0.4) is 0 Å². The molecule has 0 fully saturated rings. The Morgan fingerprint density at radius 1 is 0.885 bits per heavy atom. The number of pyridine rings is 1. The topological polar surface area (TPSA) is 47.0 Å². The highest BCUT2D eigenvalue weighted by molar-refractivity contribution is 7.90. The van der Waals surface area contributed by atoms with E-state index in [9.17, 15) is 21.6 Å². The summed E-state index contributed by atoms with van der Waals surface area (Å²) in [7, 11) is -3.39. The highest BCUT2D eigenvalue weighted by atomic mass is 32.2. The van der Waals surface area contributed by atoms with Gasteiger partial charge < -0.3 is 0 Å². The van der Waals surface area contributed by atoms with Gasteiger partial charge in [0.15, 0.2) is 9.84 Å². The molecule has 0 unspecified atom stereocenters. The van der Waals surface area contributed by atoms with E-state index in [4.69, 9.17) is 0 Å². The van der Waals surface area contributed by atoms with Crippen molar-refractivity contribution < 1.29 is 21.6 Å². The molecule has 0 atom stereocenters. The van der Waals surface area contributed by atoms with Crippen molar-refractivity contribution in [3.63, 3.8) is 0 Å². The van der Waals surface area contributed by atoms with E-state index in [2.05, 4.69) is 4.98 Å². The van der Waals surface area contributed by atoms with Gasteiger partial charge in [-0.05, 0) is 23.8 Å². The monoisotopic (exact) mass is 377 g/mol. The van der Waals surface area contributed by atoms with Crippen molar-refractivity contribution >= 4 is 9.84 Å². The summed E-state index contributed by atoms with van der Waals surface area (Å²) in [6.45, 7) is 0. The molecule has 26 heavy (non-hydrogen) atoms. The van der Waals surface area contributed by atoms with Crippen LogP contribution in [0.2, 0.25) is 0 Å². The summed E-state index contributed by atoms with van der Waals surface area (Å²) in [6.07, 6.45) is -2.65. The molecule has 0 aliphatic rings. The van der Waals surface area contributed by atoms with Gasteiger partial charge in [-0.2, -0.15) is 13.2 Å². The molecule has 0 amide bonds. The molecule has 7 heteroatoms. The zero-order valence-corrected chi connectivity index (χ0v) is 14.5. The molecule has 3 nitrogen and oxygen atoms in total. The largest absolute Gasteiger partial charge is 0.417 e. The fourth-order valence-electron chi connectivity index (χ4n) is 2.55. The Hall–Kier alpha value is -2.67. The third-order valence-electron chi connectivity index (χ3n) is 3.86. The van der Waals surface area contributed by atoms with E-state index in [0.29, 0.717) is 16.8 Å². The van der Waals surface area contributed by atoms with E-state index in [-0.39, 0.29) is 10.5 Å². The molecule has 0 spiro atoms. The Labute approximate surface area is 149 Å². The van der Waals surface area contributed by atoms with Crippen molar-refractivity contribution in [3.8, 4) is 22.4 Å². The SMILES string of the molecule is CS(=O)(=O)c1ccc(-c2cc(C(F)(F)F)cnc2-c2ccccc2)cc1. The lowest BCUT2D eigenvalue weighted by Crippen LogP contribution is -2.06. The van der Waals surface area contributed by atoms with E-state index in [1.165, 1.54) is 24.3 Å². The van der Waals surface area contributed by atoms with Crippen molar-refractivity contribution in [2.45, 2.75) is 11.1 Å². The van der Waals surface area contributed by atoms with Crippen LogP contribution < -0.4 is 0 Å². The van der Waals surface area contributed by atoms with Crippen LogP contribution in [-0.2, 0) is 16.0 Å². The second-order valence-corrected chi connectivity index (χ2v) is 7.80. The van der Waals surface area contributed by atoms with Crippen LogP contribution in [0.1, 0.15) is 5.56 Å². The normalized spacial score (nSPS) is 12.2. The molecule has 0 aliphatic carbocycles. The van der Waals surface area contributed by atoms with Crippen molar-refractivity contribution in [2.75, 3.05) is 6.26 Å². The van der Waals surface area contributed by atoms with Crippen molar-refractivity contribution in [2.24, 2.45) is 0 Å². The molecule has 0 saturated carbocycles. The number of rotatable bonds is 3. The average Bonchev–Trinajstić information content (AvgIpc) is 2.60. The minimum Gasteiger partial charge on any atom is -0.255 e. The van der Waals surface area contributed by atoms with Gasteiger partial charge in [0.1, 0.15) is 0 Å². The Morgan fingerprint density at radius 2 is 1.50 bits per heavy atom. The summed E-state index contributed by atoms with van der Waals surface area (Å²) in [5, 5.41) is 0. The Balaban J connectivity index is 2.20. The number of benzene rings is 2. The standard InChI is InChI=1S/C19H14F3NO2S/c1-26(24,25)16-9-7-13(8-10-16)17-11-15(19(20,21)22)12-23-18(17)14-5-3-2-4-6-14/h2-12H,1H3. The summed E-state index contributed by atoms with van der Waals surface area (Å²) in [5.74, 6) is 0. The zero-order chi connectivity index (χ0) is 18.9. The molecule has 0 saturated heterocycles. The van der Waals surface area contributed by atoms with Gasteiger partial charge in [-0.3, -0.25) is 4.98 Å². The third kappa shape index (κ3) is 3.77. The summed E-state index contributed by atoms with van der Waals surface area (Å²) in [6, 6.07) is 15.6. The Morgan fingerprint density at radius 3 is 2.04 bits per heavy atom. The van der Waals surface area contributed by atoms with Crippen LogP contribution in [0.25, 0.3) is 22.4 Å². The zero-order valence-electron chi connectivity index (χ0n) is 13.7. The van der Waals surface area contributed by atoms with Crippen LogP contribution in [0, 0.1) is 0 Å². The molecule has 2 aromatic carbocycles. The maximum absolute atomic E-state index is 13.1. The lowest BCUT2D eigenvalue weighted by atomic mass is 9.98. The molecular weight excluding hydrogens is 363 g/mol. The molecule has 134 valence electrons. The predicted octanol–water partition coefficient (Wildman–Crippen LogP) is 4.84. The lowest BCUT2D eigenvalue weighted by Gasteiger charge is -2.13. The van der Waals surface area contributed by atoms with E-state index >= 15 is 0 Å². The van der Waals surface area contributed by atoms with E-state index in [1.54, 1.807) is 30.3 Å². The van der Waals surface area contributed by atoms with Crippen LogP contribution in [0.15, 0.2) is 71.8 Å². The molecule has 1 heterocycles. The quantitative estimate of drug-likeness (QED) is 0.656. The first-order chi connectivity index (χ1) is 12.2. The first-order valence-corrected chi connectivity index (χ1v) is 9.48. The number of aromatic nitrogens is 1. The molecule has 3 rings (SSSR count). The van der Waals surface area contributed by atoms with Crippen molar-refractivity contribution in [3.05, 3.63) is 72.4 Å². The van der Waals surface area contributed by atoms with Crippen LogP contribution in [0.4, 0.5) is 13.2 Å².